The molecule has 0 aliphatic carbocycles. The van der Waals surface area contributed by atoms with E-state index in [4.69, 9.17) is 41.2 Å². The summed E-state index contributed by atoms with van der Waals surface area (Å²) in [6.07, 6.45) is 7.06. The molecule has 0 aliphatic rings. The van der Waals surface area contributed by atoms with Gasteiger partial charge < -0.3 is 41.2 Å². The SMILES string of the molecule is CC(C)c1cccc(C(C)C)c1N=C[N-]c1c(C(C)C)cccc1C(C)C.CC(C)c1cccc(C(C)C)c1N=C[N-]c1c(C(C)C)cccc1C(C)C.CC(C)c1cccc(C(C)C)c1N=C[N-]c1c(C(C)C)cccc1C(C)C.CC(C)c1cccc(C(C)C)c1N=C[N-]c1c(C(C)C)cccc1C(C)C.O=C(F)c1ccccc1.O=C(F)c1ccccc1.[Mo].[Mo].[Mo].[Mo].c1ccccc1.c1ccccc1.c1ccccc1. The van der Waals surface area contributed by atoms with Crippen LogP contribution in [0.5, 0.6) is 0 Å². The molecule has 10 nitrogen and oxygen atoms in total. The van der Waals surface area contributed by atoms with E-state index >= 15 is 0 Å². The predicted molar refractivity (Wildman–Crippen MR) is 625 cm³/mol. The van der Waals surface area contributed by atoms with Crippen molar-refractivity contribution in [2.75, 3.05) is 0 Å². The van der Waals surface area contributed by atoms with E-state index in [0.717, 1.165) is 45.5 Å². The van der Waals surface area contributed by atoms with Crippen molar-refractivity contribution in [3.8, 4) is 0 Å². The third-order valence-corrected chi connectivity index (χ3v) is 24.2. The summed E-state index contributed by atoms with van der Waals surface area (Å²) in [5, 5.41) is 19.4. The molecule has 0 heterocycles. The molecule has 0 amide bonds. The normalized spacial score (nSPS) is 10.9. The van der Waals surface area contributed by atoms with Crippen molar-refractivity contribution in [2.45, 2.75) is 316 Å². The number of nitrogens with zero attached hydrogens (tertiary/aromatic N) is 8. The smallest absolute Gasteiger partial charge is 0.332 e. The summed E-state index contributed by atoms with van der Waals surface area (Å²) in [5.41, 5.74) is 29.5. The van der Waals surface area contributed by atoms with Crippen molar-refractivity contribution in [3.05, 3.63) is 437 Å². The van der Waals surface area contributed by atoms with E-state index in [1.807, 2.05) is 109 Å². The molecule has 790 valence electrons. The van der Waals surface area contributed by atoms with Crippen LogP contribution in [0.3, 0.4) is 0 Å². The first kappa shape index (κ1) is 136. The fourth-order valence-electron chi connectivity index (χ4n) is 16.2. The minimum absolute atomic E-state index is 0. The van der Waals surface area contributed by atoms with Gasteiger partial charge in [0, 0.05) is 84.3 Å². The van der Waals surface area contributed by atoms with Crippen molar-refractivity contribution in [2.24, 2.45) is 20.0 Å². The van der Waals surface area contributed by atoms with Crippen LogP contribution in [0.2, 0.25) is 0 Å². The van der Waals surface area contributed by atoms with Gasteiger partial charge in [0.05, 0.1) is 11.1 Å². The largest absolute Gasteiger partial charge is 0.443 e. The zero-order valence-electron chi connectivity index (χ0n) is 94.4. The number of carbonyl (C=O) groups excluding carboxylic acids is 2. The van der Waals surface area contributed by atoms with E-state index in [0.29, 0.717) is 94.7 Å². The van der Waals surface area contributed by atoms with Gasteiger partial charge in [-0.2, -0.15) is 8.78 Å². The fraction of sp³-hybridized carbons (Fsp3) is 0.364. The van der Waals surface area contributed by atoms with Gasteiger partial charge in [-0.1, -0.05) is 538 Å². The molecule has 16 heteroatoms. The van der Waals surface area contributed by atoms with E-state index in [-0.39, 0.29) is 95.4 Å². The van der Waals surface area contributed by atoms with Crippen LogP contribution in [0.15, 0.2) is 335 Å². The Labute approximate surface area is 950 Å². The third kappa shape index (κ3) is 45.9. The van der Waals surface area contributed by atoms with Crippen molar-refractivity contribution in [1.82, 2.24) is 0 Å². The van der Waals surface area contributed by atoms with Gasteiger partial charge in [-0.25, -0.2) is 0 Å². The summed E-state index contributed by atoms with van der Waals surface area (Å²) in [5.74, 6) is 6.96. The molecule has 0 bridgehead atoms. The summed E-state index contributed by atoms with van der Waals surface area (Å²) in [6.45, 7) is 71.1. The van der Waals surface area contributed by atoms with Gasteiger partial charge in [-0.05, 0) is 253 Å². The van der Waals surface area contributed by atoms with Gasteiger partial charge in [0.1, 0.15) is 0 Å². The number of para-hydroxylation sites is 8. The second-order valence-corrected chi connectivity index (χ2v) is 41.0. The Hall–Kier alpha value is -10.3. The predicted octanol–water partition coefficient (Wildman–Crippen LogP) is 42.8. The minimum atomic E-state index is -1.38. The molecular weight excluding hydrogens is 2150 g/mol. The Kier molecular flexibility index (Phi) is 66.9. The van der Waals surface area contributed by atoms with Crippen LogP contribution in [-0.2, 0) is 84.3 Å². The van der Waals surface area contributed by atoms with E-state index < -0.39 is 12.1 Å². The number of hydrogen-bond donors (Lipinski definition) is 0. The summed E-state index contributed by atoms with van der Waals surface area (Å²) in [4.78, 5) is 39.4. The molecule has 0 N–H and O–H groups in total. The van der Waals surface area contributed by atoms with Crippen molar-refractivity contribution in [1.29, 1.82) is 0 Å². The van der Waals surface area contributed by atoms with Crippen molar-refractivity contribution >= 4 is 82.9 Å². The monoisotopic (exact) mass is 2330 g/mol. The van der Waals surface area contributed by atoms with Gasteiger partial charge in [0.25, 0.3) is 0 Å². The molecule has 0 atom stereocenters. The van der Waals surface area contributed by atoms with Crippen LogP contribution in [0.25, 0.3) is 21.3 Å². The summed E-state index contributed by atoms with van der Waals surface area (Å²) in [6, 6.07) is 101. The van der Waals surface area contributed by atoms with Crippen LogP contribution in [0.4, 0.5) is 54.3 Å². The van der Waals surface area contributed by atoms with Crippen LogP contribution >= 0.6 is 0 Å². The van der Waals surface area contributed by atoms with Crippen molar-refractivity contribution in [3.63, 3.8) is 0 Å². The molecule has 0 spiro atoms. The standard InChI is InChI=1S/4C25H35N2.2C7H5FO.3C6H6.4Mo/c4*1-16(2)20-11-9-12-21(17(3)4)24(20)26-15-27-25-22(18(5)6)13-10-14-23(25)19(7)8;2*8-7(9)6-4-2-1-3-5-6;3*1-2-4-6-5-3-1;;;;/h4*9-19H,1-8H3;2*1-5H;3*1-6H;;;;/q4*-1;;;;;;;;;. The topological polar surface area (TPSA) is 140 Å². The van der Waals surface area contributed by atoms with Gasteiger partial charge in [0.15, 0.2) is 0 Å². The second kappa shape index (κ2) is 73.0. The molecule has 0 radical (unpaired) electrons. The van der Waals surface area contributed by atoms with Gasteiger partial charge >= 0.3 is 12.1 Å². The number of aliphatic imine (C=N–C) groups is 4. The quantitative estimate of drug-likeness (QED) is 0.0191. The Balaban J connectivity index is 0.000000875. The molecule has 13 aromatic carbocycles. The van der Waals surface area contributed by atoms with E-state index in [1.54, 1.807) is 61.8 Å². The first-order valence-electron chi connectivity index (χ1n) is 52.0. The second-order valence-electron chi connectivity index (χ2n) is 41.0. The molecule has 13 aromatic rings. The van der Waals surface area contributed by atoms with Gasteiger partial charge in [0.2, 0.25) is 0 Å². The minimum Gasteiger partial charge on any atom is -0.443 e. The number of benzene rings is 13. The average molecular weight is 2320 g/mol. The molecule has 13 rings (SSSR count). The fourth-order valence-corrected chi connectivity index (χ4v) is 16.2. The van der Waals surface area contributed by atoms with E-state index in [9.17, 15) is 18.4 Å². The molecule has 148 heavy (non-hydrogen) atoms. The maximum absolute atomic E-state index is 11.8. The molecule has 0 saturated carbocycles. The Morgan fingerprint density at radius 3 is 0.365 bits per heavy atom. The summed E-state index contributed by atoms with van der Waals surface area (Å²) < 4.78 is 23.6. The van der Waals surface area contributed by atoms with E-state index in [2.05, 4.69) is 367 Å². The molecule has 0 saturated heterocycles. The first-order chi connectivity index (χ1) is 68.5. The third-order valence-electron chi connectivity index (χ3n) is 24.2. The molecule has 0 unspecified atom stereocenters. The molecule has 0 aliphatic heterocycles. The molecular formula is C132H168F2Mo4N8O2-4. The Morgan fingerprint density at radius 1 is 0.169 bits per heavy atom. The molecule has 0 fully saturated rings. The van der Waals surface area contributed by atoms with Crippen LogP contribution in [0, 0.1) is 0 Å². The zero-order chi connectivity index (χ0) is 107. The van der Waals surface area contributed by atoms with E-state index in [1.165, 1.54) is 113 Å². The van der Waals surface area contributed by atoms with Crippen LogP contribution in [-0.4, -0.2) is 37.4 Å². The number of halogens is 2. The maximum atomic E-state index is 11.8. The van der Waals surface area contributed by atoms with Crippen LogP contribution < -0.4 is 0 Å². The number of rotatable bonds is 30. The van der Waals surface area contributed by atoms with Gasteiger partial charge in [-0.3, -0.25) is 9.59 Å². The summed E-state index contributed by atoms with van der Waals surface area (Å²) in [7, 11) is 0. The Bertz CT molecular complexity index is 5060. The number of hydrogen-bond acceptors (Lipinski definition) is 6. The zero-order valence-corrected chi connectivity index (χ0v) is 102. The van der Waals surface area contributed by atoms with Gasteiger partial charge in [-0.15, -0.1) is 0 Å². The number of carbonyl (C=O) groups is 2. The summed E-state index contributed by atoms with van der Waals surface area (Å²) >= 11 is 0. The molecule has 0 aromatic heterocycles. The van der Waals surface area contributed by atoms with Crippen molar-refractivity contribution < 1.29 is 103 Å². The average Bonchev–Trinajstić information content (AvgIpc) is 0.818. The first-order valence-corrected chi connectivity index (χ1v) is 52.0. The maximum Gasteiger partial charge on any atom is 0.332 e. The Morgan fingerprint density at radius 2 is 0.270 bits per heavy atom. The van der Waals surface area contributed by atoms with Crippen LogP contribution in [0.1, 0.15) is 426 Å².